The first-order valence-electron chi connectivity index (χ1n) is 9.87. The van der Waals surface area contributed by atoms with Gasteiger partial charge in [-0.15, -0.1) is 0 Å². The zero-order valence-electron chi connectivity index (χ0n) is 16.9. The van der Waals surface area contributed by atoms with Crippen molar-refractivity contribution in [2.24, 2.45) is 10.9 Å². The molecule has 1 amide bonds. The number of methoxy groups -OCH3 is 1. The van der Waals surface area contributed by atoms with Crippen LogP contribution in [0.1, 0.15) is 22.3 Å². The van der Waals surface area contributed by atoms with Crippen molar-refractivity contribution in [1.82, 2.24) is 5.32 Å². The predicted molar refractivity (Wildman–Crippen MR) is 124 cm³/mol. The quantitative estimate of drug-likeness (QED) is 0.602. The lowest BCUT2D eigenvalue weighted by Crippen LogP contribution is -2.51. The van der Waals surface area contributed by atoms with E-state index in [1.165, 1.54) is 17.8 Å². The molecular weight excluding hydrogens is 483 g/mol. The maximum atomic E-state index is 15.0. The molecule has 1 saturated heterocycles. The van der Waals surface area contributed by atoms with Crippen LogP contribution in [0.3, 0.4) is 0 Å². The first-order valence-corrected chi connectivity index (χ1v) is 11.7. The van der Waals surface area contributed by atoms with Gasteiger partial charge in [-0.3, -0.25) is 4.79 Å². The molecule has 3 atom stereocenters. The SMILES string of the molecule is COC=CC1CC2CSC(NC(=O)c3ccccc3)=NC2(c2cc(Br)ccc2F)CO1. The minimum absolute atomic E-state index is 0.0268. The second-order valence-electron chi connectivity index (χ2n) is 7.44. The molecule has 3 unspecified atom stereocenters. The van der Waals surface area contributed by atoms with Crippen LogP contribution in [-0.4, -0.2) is 36.6 Å². The van der Waals surface area contributed by atoms with Gasteiger partial charge >= 0.3 is 0 Å². The Morgan fingerprint density at radius 3 is 2.94 bits per heavy atom. The average molecular weight is 505 g/mol. The zero-order chi connectivity index (χ0) is 21.8. The van der Waals surface area contributed by atoms with Crippen molar-refractivity contribution in [3.63, 3.8) is 0 Å². The number of hydrogen-bond donors (Lipinski definition) is 1. The summed E-state index contributed by atoms with van der Waals surface area (Å²) in [5, 5.41) is 3.36. The summed E-state index contributed by atoms with van der Waals surface area (Å²) in [6, 6.07) is 13.8. The van der Waals surface area contributed by atoms with E-state index in [0.717, 1.165) is 4.47 Å². The van der Waals surface area contributed by atoms with Crippen LogP contribution in [0, 0.1) is 11.7 Å². The van der Waals surface area contributed by atoms with E-state index in [1.807, 2.05) is 24.3 Å². The number of carbonyl (C=O) groups excluding carboxylic acids is 1. The monoisotopic (exact) mass is 504 g/mol. The maximum Gasteiger partial charge on any atom is 0.257 e. The van der Waals surface area contributed by atoms with Crippen LogP contribution in [0.5, 0.6) is 0 Å². The summed E-state index contributed by atoms with van der Waals surface area (Å²) in [7, 11) is 1.59. The Hall–Kier alpha value is -2.16. The highest BCUT2D eigenvalue weighted by Gasteiger charge is 2.49. The van der Waals surface area contributed by atoms with Crippen molar-refractivity contribution in [2.45, 2.75) is 18.1 Å². The van der Waals surface area contributed by atoms with Crippen LogP contribution in [0.4, 0.5) is 4.39 Å². The third-order valence-electron chi connectivity index (χ3n) is 5.51. The molecule has 1 fully saturated rings. The van der Waals surface area contributed by atoms with Crippen LogP contribution in [-0.2, 0) is 15.0 Å². The lowest BCUT2D eigenvalue weighted by Gasteiger charge is -2.46. The van der Waals surface area contributed by atoms with E-state index in [1.54, 1.807) is 37.6 Å². The number of fused-ring (bicyclic) bond motifs is 1. The fourth-order valence-electron chi connectivity index (χ4n) is 3.93. The molecule has 8 heteroatoms. The molecule has 0 aliphatic carbocycles. The Morgan fingerprint density at radius 1 is 1.35 bits per heavy atom. The van der Waals surface area contributed by atoms with Crippen molar-refractivity contribution in [3.8, 4) is 0 Å². The fourth-order valence-corrected chi connectivity index (χ4v) is 5.45. The predicted octanol–water partition coefficient (Wildman–Crippen LogP) is 4.88. The van der Waals surface area contributed by atoms with E-state index in [2.05, 4.69) is 21.2 Å². The number of nitrogens with zero attached hydrogens (tertiary/aromatic N) is 1. The Kier molecular flexibility index (Phi) is 6.79. The van der Waals surface area contributed by atoms with Crippen molar-refractivity contribution in [3.05, 3.63) is 82.3 Å². The number of rotatable bonds is 4. The third-order valence-corrected chi connectivity index (χ3v) is 7.04. The highest BCUT2D eigenvalue weighted by Crippen LogP contribution is 2.47. The highest BCUT2D eigenvalue weighted by atomic mass is 79.9. The summed E-state index contributed by atoms with van der Waals surface area (Å²) in [5.41, 5.74) is 0.0867. The third kappa shape index (κ3) is 4.71. The van der Waals surface area contributed by atoms with Crippen molar-refractivity contribution in [2.75, 3.05) is 19.5 Å². The van der Waals surface area contributed by atoms with Crippen LogP contribution in [0.2, 0.25) is 0 Å². The molecule has 0 bridgehead atoms. The van der Waals surface area contributed by atoms with Gasteiger partial charge in [-0.25, -0.2) is 9.38 Å². The van der Waals surface area contributed by atoms with Crippen molar-refractivity contribution < 1.29 is 18.7 Å². The van der Waals surface area contributed by atoms with Crippen LogP contribution < -0.4 is 5.32 Å². The van der Waals surface area contributed by atoms with Gasteiger partial charge in [0, 0.05) is 27.3 Å². The number of carbonyl (C=O) groups is 1. The molecule has 2 aromatic rings. The molecule has 162 valence electrons. The molecule has 5 nitrogen and oxygen atoms in total. The van der Waals surface area contributed by atoms with Gasteiger partial charge in [0.2, 0.25) is 0 Å². The molecule has 0 aromatic heterocycles. The molecule has 4 rings (SSSR count). The average Bonchev–Trinajstić information content (AvgIpc) is 2.79. The maximum absolute atomic E-state index is 15.0. The van der Waals surface area contributed by atoms with Crippen molar-refractivity contribution >= 4 is 38.8 Å². The molecule has 1 N–H and O–H groups in total. The standard InChI is InChI=1S/C23H22BrFN2O3S/c1-29-10-9-18-11-16-13-31-22(26-21(28)15-5-3-2-4-6-15)27-23(16,14-30-18)19-12-17(24)7-8-20(19)25/h2-10,12,16,18H,11,13-14H2,1H3,(H,26,27,28). The summed E-state index contributed by atoms with van der Waals surface area (Å²) >= 11 is 4.92. The number of hydrogen-bond acceptors (Lipinski definition) is 5. The molecule has 2 heterocycles. The van der Waals surface area contributed by atoms with E-state index in [-0.39, 0.29) is 30.4 Å². The summed E-state index contributed by atoms with van der Waals surface area (Å²) in [6.45, 7) is 0.203. The largest absolute Gasteiger partial charge is 0.505 e. The second-order valence-corrected chi connectivity index (χ2v) is 9.37. The van der Waals surface area contributed by atoms with E-state index >= 15 is 4.39 Å². The van der Waals surface area contributed by atoms with Gasteiger partial charge in [0.15, 0.2) is 5.17 Å². The minimum atomic E-state index is -0.921. The topological polar surface area (TPSA) is 59.9 Å². The van der Waals surface area contributed by atoms with Gasteiger partial charge in [0.25, 0.3) is 5.91 Å². The van der Waals surface area contributed by atoms with E-state index in [0.29, 0.717) is 28.5 Å². The number of ether oxygens (including phenoxy) is 2. The molecule has 0 saturated carbocycles. The number of amides is 1. The first-order chi connectivity index (χ1) is 15.0. The number of halogens is 2. The lowest BCUT2D eigenvalue weighted by atomic mass is 9.75. The van der Waals surface area contributed by atoms with E-state index in [9.17, 15) is 4.79 Å². The Morgan fingerprint density at radius 2 is 2.16 bits per heavy atom. The molecule has 31 heavy (non-hydrogen) atoms. The molecular formula is C23H22BrFN2O3S. The summed E-state index contributed by atoms with van der Waals surface area (Å²) in [4.78, 5) is 17.6. The molecule has 2 aliphatic heterocycles. The highest BCUT2D eigenvalue weighted by molar-refractivity contribution is 9.10. The van der Waals surface area contributed by atoms with Gasteiger partial charge in [-0.05, 0) is 42.8 Å². The summed E-state index contributed by atoms with van der Waals surface area (Å²) in [5.74, 6) is 0.124. The molecule has 2 aromatic carbocycles. The van der Waals surface area contributed by atoms with Gasteiger partial charge < -0.3 is 14.8 Å². The Balaban J connectivity index is 1.69. The number of thioether (sulfide) groups is 1. The van der Waals surface area contributed by atoms with Crippen molar-refractivity contribution in [1.29, 1.82) is 0 Å². The lowest BCUT2D eigenvalue weighted by molar-refractivity contribution is -0.0351. The number of aliphatic imine (C=N–C) groups is 1. The van der Waals surface area contributed by atoms with Crippen LogP contribution >= 0.6 is 27.7 Å². The smallest absolute Gasteiger partial charge is 0.257 e. The number of nitrogens with one attached hydrogen (secondary N) is 1. The van der Waals surface area contributed by atoms with E-state index in [4.69, 9.17) is 14.5 Å². The molecule has 0 spiro atoms. The van der Waals surface area contributed by atoms with Crippen LogP contribution in [0.25, 0.3) is 0 Å². The van der Waals surface area contributed by atoms with Gasteiger partial charge in [0.1, 0.15) is 11.4 Å². The summed E-state index contributed by atoms with van der Waals surface area (Å²) < 4.78 is 26.8. The molecule has 0 radical (unpaired) electrons. The fraction of sp³-hybridized carbons (Fsp3) is 0.304. The van der Waals surface area contributed by atoms with Gasteiger partial charge in [-0.1, -0.05) is 45.9 Å². The number of amidine groups is 1. The van der Waals surface area contributed by atoms with Gasteiger partial charge in [0.05, 0.1) is 26.1 Å². The second kappa shape index (κ2) is 9.54. The number of benzene rings is 2. The summed E-state index contributed by atoms with van der Waals surface area (Å²) in [6.07, 6.45) is 4.00. The van der Waals surface area contributed by atoms with E-state index < -0.39 is 5.54 Å². The Bertz CT molecular complexity index is 1020. The molecule has 2 aliphatic rings. The first kappa shape index (κ1) is 22.0. The van der Waals surface area contributed by atoms with Crippen LogP contribution in [0.15, 0.2) is 70.3 Å². The zero-order valence-corrected chi connectivity index (χ0v) is 19.3. The minimum Gasteiger partial charge on any atom is -0.505 e. The normalized spacial score (nSPS) is 25.6. The Labute approximate surface area is 193 Å². The van der Waals surface area contributed by atoms with Gasteiger partial charge in [-0.2, -0.15) is 0 Å².